The van der Waals surface area contributed by atoms with Gasteiger partial charge in [-0.3, -0.25) is 9.36 Å². The number of halogens is 1. The number of aromatic nitrogens is 1. The zero-order chi connectivity index (χ0) is 21.7. The van der Waals surface area contributed by atoms with Crippen molar-refractivity contribution in [1.29, 1.82) is 0 Å². The van der Waals surface area contributed by atoms with Crippen LogP contribution in [0.1, 0.15) is 15.9 Å². The van der Waals surface area contributed by atoms with E-state index in [4.69, 9.17) is 11.6 Å². The Bertz CT molecular complexity index is 1140. The third-order valence-electron chi connectivity index (χ3n) is 4.49. The van der Waals surface area contributed by atoms with Crippen LogP contribution < -0.4 is 4.72 Å². The van der Waals surface area contributed by atoms with Crippen molar-refractivity contribution in [3.63, 3.8) is 0 Å². The molecule has 156 valence electrons. The molecule has 0 saturated heterocycles. The van der Waals surface area contributed by atoms with Gasteiger partial charge >= 0.3 is 0 Å². The van der Waals surface area contributed by atoms with Crippen LogP contribution in [-0.4, -0.2) is 36.1 Å². The molecule has 0 fully saturated rings. The van der Waals surface area contributed by atoms with Gasteiger partial charge in [0, 0.05) is 17.4 Å². The van der Waals surface area contributed by atoms with Crippen LogP contribution in [0.15, 0.2) is 84.0 Å². The predicted octanol–water partition coefficient (Wildman–Crippen LogP) is 3.51. The van der Waals surface area contributed by atoms with E-state index in [1.807, 2.05) is 0 Å². The van der Waals surface area contributed by atoms with Crippen LogP contribution >= 0.6 is 11.6 Å². The van der Waals surface area contributed by atoms with E-state index in [2.05, 4.69) is 4.72 Å². The molecule has 2 N–H and O–H groups in total. The zero-order valence-corrected chi connectivity index (χ0v) is 17.7. The van der Waals surface area contributed by atoms with Gasteiger partial charge in [0.25, 0.3) is 5.91 Å². The van der Waals surface area contributed by atoms with Gasteiger partial charge in [-0.2, -0.15) is 0 Å². The molecule has 30 heavy (non-hydrogen) atoms. The lowest BCUT2D eigenvalue weighted by Crippen LogP contribution is -2.47. The molecule has 2 atom stereocenters. The highest BCUT2D eigenvalue weighted by molar-refractivity contribution is 7.89. The van der Waals surface area contributed by atoms with Crippen molar-refractivity contribution in [1.82, 2.24) is 9.29 Å². The van der Waals surface area contributed by atoms with E-state index in [9.17, 15) is 18.3 Å². The first-order valence-electron chi connectivity index (χ1n) is 9.15. The molecule has 0 aliphatic heterocycles. The summed E-state index contributed by atoms with van der Waals surface area (Å²) in [7, 11) is -3.99. The molecule has 2 aromatic carbocycles. The highest BCUT2D eigenvalue weighted by Crippen LogP contribution is 2.17. The monoisotopic (exact) mass is 444 g/mol. The molecule has 0 aliphatic rings. The van der Waals surface area contributed by atoms with E-state index in [0.717, 1.165) is 5.56 Å². The number of rotatable bonds is 7. The molecule has 0 spiro atoms. The Morgan fingerprint density at radius 2 is 1.70 bits per heavy atom. The number of carbonyl (C=O) groups is 1. The lowest BCUT2D eigenvalue weighted by molar-refractivity contribution is 0.0622. The number of nitrogens with one attached hydrogen (secondary N) is 1. The summed E-state index contributed by atoms with van der Waals surface area (Å²) >= 11 is 5.89. The molecule has 1 heterocycles. The van der Waals surface area contributed by atoms with Gasteiger partial charge in [-0.1, -0.05) is 54.1 Å². The van der Waals surface area contributed by atoms with Crippen molar-refractivity contribution >= 4 is 33.6 Å². The average Bonchev–Trinajstić information content (AvgIpc) is 3.26. The number of carbonyl (C=O) groups excluding carboxylic acids is 1. The first-order chi connectivity index (χ1) is 14.3. The summed E-state index contributed by atoms with van der Waals surface area (Å²) in [4.78, 5) is 12.7. The molecular weight excluding hydrogens is 424 g/mol. The molecule has 0 aliphatic carbocycles. The normalized spacial score (nSPS) is 14.0. The molecule has 0 radical (unpaired) electrons. The predicted molar refractivity (Wildman–Crippen MR) is 117 cm³/mol. The Labute approximate surface area is 180 Å². The van der Waals surface area contributed by atoms with Crippen molar-refractivity contribution in [3.05, 3.63) is 95.3 Å². The minimum Gasteiger partial charge on any atom is -0.381 e. The largest absolute Gasteiger partial charge is 0.381 e. The lowest BCUT2D eigenvalue weighted by atomic mass is 10.1. The number of hydrogen-bond donors (Lipinski definition) is 2. The summed E-state index contributed by atoms with van der Waals surface area (Å²) in [6.07, 6.45) is 4.40. The molecule has 0 saturated carbocycles. The van der Waals surface area contributed by atoms with Crippen LogP contribution in [0.25, 0.3) is 6.08 Å². The van der Waals surface area contributed by atoms with Crippen molar-refractivity contribution in [2.24, 2.45) is 0 Å². The second kappa shape index (κ2) is 9.40. The van der Waals surface area contributed by atoms with Gasteiger partial charge in [0.2, 0.25) is 10.0 Å². The van der Waals surface area contributed by atoms with Crippen molar-refractivity contribution < 1.29 is 18.3 Å². The fourth-order valence-electron chi connectivity index (χ4n) is 2.89. The van der Waals surface area contributed by atoms with E-state index in [1.165, 1.54) is 29.1 Å². The number of aliphatic hydroxyl groups excluding tert-OH is 1. The maximum Gasteiger partial charge on any atom is 0.261 e. The summed E-state index contributed by atoms with van der Waals surface area (Å²) in [5.74, 6) is -0.654. The number of aliphatic hydroxyl groups is 1. The van der Waals surface area contributed by atoms with Gasteiger partial charge in [0.15, 0.2) is 6.10 Å². The fourth-order valence-corrected chi connectivity index (χ4v) is 4.45. The summed E-state index contributed by atoms with van der Waals surface area (Å²) in [5.41, 5.74) is 1.29. The van der Waals surface area contributed by atoms with E-state index in [1.54, 1.807) is 67.6 Å². The van der Waals surface area contributed by atoms with Gasteiger partial charge in [0.1, 0.15) is 0 Å². The van der Waals surface area contributed by atoms with E-state index >= 15 is 0 Å². The lowest BCUT2D eigenvalue weighted by Gasteiger charge is -2.21. The first kappa shape index (κ1) is 22.0. The van der Waals surface area contributed by atoms with Crippen LogP contribution in [0, 0.1) is 6.92 Å². The van der Waals surface area contributed by atoms with Gasteiger partial charge < -0.3 is 5.11 Å². The number of nitrogens with zero attached hydrogens (tertiary/aromatic N) is 1. The SMILES string of the molecule is Cc1ccccc1S(=O)(=O)N[C@@H](/C=C/c1ccc(Cl)cc1)[C@H](O)C(=O)n1cccc1. The quantitative estimate of drug-likeness (QED) is 0.583. The molecule has 6 nitrogen and oxygen atoms in total. The highest BCUT2D eigenvalue weighted by Gasteiger charge is 2.30. The van der Waals surface area contributed by atoms with Crippen LogP contribution in [-0.2, 0) is 10.0 Å². The topological polar surface area (TPSA) is 88.4 Å². The van der Waals surface area contributed by atoms with Gasteiger partial charge in [-0.25, -0.2) is 13.1 Å². The minimum atomic E-state index is -3.99. The third kappa shape index (κ3) is 5.25. The Kier molecular flexibility index (Phi) is 6.89. The Morgan fingerprint density at radius 1 is 1.07 bits per heavy atom. The third-order valence-corrected chi connectivity index (χ3v) is 6.36. The highest BCUT2D eigenvalue weighted by atomic mass is 35.5. The number of aryl methyl sites for hydroxylation is 1. The van der Waals surface area contributed by atoms with Gasteiger partial charge in [-0.05, 0) is 48.4 Å². The molecular formula is C22H21ClN2O4S. The summed E-state index contributed by atoms with van der Waals surface area (Å²) in [6.45, 7) is 1.68. The number of sulfonamides is 1. The molecule has 3 rings (SSSR count). The van der Waals surface area contributed by atoms with E-state index < -0.39 is 28.1 Å². The molecule has 0 bridgehead atoms. The van der Waals surface area contributed by atoms with Crippen molar-refractivity contribution in [2.45, 2.75) is 24.0 Å². The molecule has 3 aromatic rings. The Morgan fingerprint density at radius 3 is 2.33 bits per heavy atom. The van der Waals surface area contributed by atoms with E-state index in [0.29, 0.717) is 10.6 Å². The molecule has 0 unspecified atom stereocenters. The van der Waals surface area contributed by atoms with Gasteiger partial charge in [0.05, 0.1) is 10.9 Å². The molecule has 1 aromatic heterocycles. The Balaban J connectivity index is 1.93. The Hall–Kier alpha value is -2.71. The van der Waals surface area contributed by atoms with Crippen LogP contribution in [0.2, 0.25) is 5.02 Å². The van der Waals surface area contributed by atoms with Gasteiger partial charge in [-0.15, -0.1) is 0 Å². The maximum atomic E-state index is 12.9. The van der Waals surface area contributed by atoms with Crippen molar-refractivity contribution in [3.8, 4) is 0 Å². The van der Waals surface area contributed by atoms with Crippen LogP contribution in [0.5, 0.6) is 0 Å². The van der Waals surface area contributed by atoms with Crippen molar-refractivity contribution in [2.75, 3.05) is 0 Å². The maximum absolute atomic E-state index is 12.9. The summed E-state index contributed by atoms with van der Waals surface area (Å²) in [5, 5.41) is 11.2. The van der Waals surface area contributed by atoms with Crippen LogP contribution in [0.3, 0.4) is 0 Å². The zero-order valence-electron chi connectivity index (χ0n) is 16.1. The minimum absolute atomic E-state index is 0.0792. The summed E-state index contributed by atoms with van der Waals surface area (Å²) in [6, 6.07) is 15.4. The first-order valence-corrected chi connectivity index (χ1v) is 11.0. The second-order valence-corrected chi connectivity index (χ2v) is 8.82. The molecule has 0 amide bonds. The van der Waals surface area contributed by atoms with E-state index in [-0.39, 0.29) is 4.90 Å². The average molecular weight is 445 g/mol. The second-order valence-electron chi connectivity index (χ2n) is 6.70. The fraction of sp³-hybridized carbons (Fsp3) is 0.136. The number of hydrogen-bond acceptors (Lipinski definition) is 4. The molecule has 8 heteroatoms. The smallest absolute Gasteiger partial charge is 0.261 e. The summed E-state index contributed by atoms with van der Waals surface area (Å²) < 4.78 is 29.5. The standard InChI is InChI=1S/C22H21ClN2O4S/c1-16-6-2-3-7-20(16)30(28,29)24-19(13-10-17-8-11-18(23)12-9-17)21(26)22(27)25-14-4-5-15-25/h2-15,19,21,24,26H,1H3/b13-10+/t19-,21-/m0/s1. The number of benzene rings is 2. The van der Waals surface area contributed by atoms with Crippen LogP contribution in [0.4, 0.5) is 0 Å².